The normalized spacial score (nSPS) is 10.5. The van der Waals surface area contributed by atoms with Crippen LogP contribution < -0.4 is 10.1 Å². The summed E-state index contributed by atoms with van der Waals surface area (Å²) in [5, 5.41) is 3.29. The number of alkyl halides is 1. The van der Waals surface area contributed by atoms with E-state index in [1.807, 2.05) is 0 Å². The molecule has 90 valence electrons. The predicted molar refractivity (Wildman–Crippen MR) is 69.8 cm³/mol. The highest BCUT2D eigenvalue weighted by molar-refractivity contribution is 6.18. The van der Waals surface area contributed by atoms with E-state index in [0.29, 0.717) is 5.88 Å². The molecule has 0 aliphatic heterocycles. The van der Waals surface area contributed by atoms with Crippen LogP contribution in [0.5, 0.6) is 5.75 Å². The van der Waals surface area contributed by atoms with Crippen LogP contribution in [0.1, 0.15) is 16.7 Å². The number of ether oxygens (including phenoxy) is 1. The van der Waals surface area contributed by atoms with E-state index in [1.54, 1.807) is 7.11 Å². The zero-order chi connectivity index (χ0) is 12.0. The van der Waals surface area contributed by atoms with Crippen LogP contribution in [0.4, 0.5) is 0 Å². The maximum atomic E-state index is 5.59. The highest BCUT2D eigenvalue weighted by atomic mass is 35.5. The average molecular weight is 242 g/mol. The van der Waals surface area contributed by atoms with Crippen LogP contribution in [-0.2, 0) is 6.42 Å². The smallest absolute Gasteiger partial charge is 0.124 e. The number of aryl methyl sites for hydroxylation is 2. The Morgan fingerprint density at radius 3 is 2.31 bits per heavy atom. The van der Waals surface area contributed by atoms with Gasteiger partial charge in [-0.05, 0) is 43.5 Å². The first-order chi connectivity index (χ1) is 7.69. The van der Waals surface area contributed by atoms with Gasteiger partial charge in [-0.2, -0.15) is 0 Å². The number of hydrogen-bond acceptors (Lipinski definition) is 2. The summed E-state index contributed by atoms with van der Waals surface area (Å²) in [5.74, 6) is 1.66. The van der Waals surface area contributed by atoms with Crippen LogP contribution in [0.2, 0.25) is 0 Å². The first kappa shape index (κ1) is 13.3. The van der Waals surface area contributed by atoms with Crippen molar-refractivity contribution in [1.82, 2.24) is 5.32 Å². The van der Waals surface area contributed by atoms with Gasteiger partial charge >= 0.3 is 0 Å². The van der Waals surface area contributed by atoms with E-state index in [1.165, 1.54) is 16.7 Å². The first-order valence-corrected chi connectivity index (χ1v) is 6.13. The van der Waals surface area contributed by atoms with Crippen LogP contribution in [0.15, 0.2) is 12.1 Å². The summed E-state index contributed by atoms with van der Waals surface area (Å²) in [6.07, 6.45) is 1.03. The van der Waals surface area contributed by atoms with Crippen LogP contribution in [0, 0.1) is 13.8 Å². The number of nitrogens with one attached hydrogen (secondary N) is 1. The van der Waals surface area contributed by atoms with E-state index in [-0.39, 0.29) is 0 Å². The van der Waals surface area contributed by atoms with Crippen molar-refractivity contribution >= 4 is 11.6 Å². The van der Waals surface area contributed by atoms with Crippen LogP contribution in [0.3, 0.4) is 0 Å². The van der Waals surface area contributed by atoms with Gasteiger partial charge in [-0.25, -0.2) is 0 Å². The Kier molecular flexibility index (Phi) is 5.64. The second kappa shape index (κ2) is 6.77. The lowest BCUT2D eigenvalue weighted by Gasteiger charge is -2.11. The van der Waals surface area contributed by atoms with Gasteiger partial charge in [-0.3, -0.25) is 0 Å². The van der Waals surface area contributed by atoms with E-state index < -0.39 is 0 Å². The summed E-state index contributed by atoms with van der Waals surface area (Å²) in [7, 11) is 1.72. The summed E-state index contributed by atoms with van der Waals surface area (Å²) in [6.45, 7) is 6.01. The fourth-order valence-electron chi connectivity index (χ4n) is 1.93. The molecule has 0 amide bonds. The molecular formula is C13H20ClNO. The minimum Gasteiger partial charge on any atom is -0.496 e. The number of methoxy groups -OCH3 is 1. The van der Waals surface area contributed by atoms with Crippen molar-refractivity contribution < 1.29 is 4.74 Å². The number of rotatable bonds is 6. The Balaban J connectivity index is 2.61. The topological polar surface area (TPSA) is 21.3 Å². The van der Waals surface area contributed by atoms with Gasteiger partial charge in [0.2, 0.25) is 0 Å². The zero-order valence-corrected chi connectivity index (χ0v) is 11.0. The molecule has 0 atom stereocenters. The minimum absolute atomic E-state index is 0.667. The predicted octanol–water partition coefficient (Wildman–Crippen LogP) is 2.68. The molecule has 1 aromatic rings. The second-order valence-corrected chi connectivity index (χ2v) is 4.33. The quantitative estimate of drug-likeness (QED) is 0.611. The van der Waals surface area contributed by atoms with E-state index >= 15 is 0 Å². The third-order valence-electron chi connectivity index (χ3n) is 2.59. The Morgan fingerprint density at radius 2 is 1.81 bits per heavy atom. The highest BCUT2D eigenvalue weighted by Gasteiger charge is 2.04. The number of hydrogen-bond donors (Lipinski definition) is 1. The molecule has 0 bridgehead atoms. The van der Waals surface area contributed by atoms with Gasteiger partial charge in [-0.1, -0.05) is 12.1 Å². The Hall–Kier alpha value is -0.730. The van der Waals surface area contributed by atoms with Crippen LogP contribution >= 0.6 is 11.6 Å². The van der Waals surface area contributed by atoms with E-state index in [4.69, 9.17) is 16.3 Å². The molecule has 2 nitrogen and oxygen atoms in total. The summed E-state index contributed by atoms with van der Waals surface area (Å²) in [4.78, 5) is 0. The van der Waals surface area contributed by atoms with Crippen LogP contribution in [0.25, 0.3) is 0 Å². The van der Waals surface area contributed by atoms with Gasteiger partial charge < -0.3 is 10.1 Å². The molecule has 1 N–H and O–H groups in total. The third kappa shape index (κ3) is 3.69. The lowest BCUT2D eigenvalue weighted by atomic mass is 10.0. The molecule has 0 radical (unpaired) electrons. The molecule has 0 saturated carbocycles. The molecule has 0 spiro atoms. The molecule has 0 saturated heterocycles. The van der Waals surface area contributed by atoms with Gasteiger partial charge in [0.15, 0.2) is 0 Å². The lowest BCUT2D eigenvalue weighted by Crippen LogP contribution is -2.19. The van der Waals surface area contributed by atoms with Gasteiger partial charge in [0.25, 0.3) is 0 Å². The van der Waals surface area contributed by atoms with E-state index in [0.717, 1.165) is 25.3 Å². The van der Waals surface area contributed by atoms with Crippen molar-refractivity contribution in [2.45, 2.75) is 20.3 Å². The van der Waals surface area contributed by atoms with Gasteiger partial charge in [0.05, 0.1) is 7.11 Å². The molecule has 1 rings (SSSR count). The van der Waals surface area contributed by atoms with Crippen molar-refractivity contribution in [3.05, 3.63) is 28.8 Å². The van der Waals surface area contributed by atoms with Gasteiger partial charge in [0.1, 0.15) is 5.75 Å². The van der Waals surface area contributed by atoms with Gasteiger partial charge in [-0.15, -0.1) is 11.6 Å². The Bertz CT molecular complexity index is 316. The number of benzene rings is 1. The monoisotopic (exact) mass is 241 g/mol. The van der Waals surface area contributed by atoms with Crippen molar-refractivity contribution in [3.63, 3.8) is 0 Å². The SMILES string of the molecule is COc1c(C)cc(CCNCCCl)cc1C. The largest absolute Gasteiger partial charge is 0.496 e. The molecule has 1 aromatic carbocycles. The second-order valence-electron chi connectivity index (χ2n) is 3.95. The molecule has 0 aromatic heterocycles. The van der Waals surface area contributed by atoms with Gasteiger partial charge in [0, 0.05) is 12.4 Å². The molecule has 0 aliphatic rings. The fraction of sp³-hybridized carbons (Fsp3) is 0.538. The Morgan fingerprint density at radius 1 is 1.19 bits per heavy atom. The standard InChI is InChI=1S/C13H20ClNO/c1-10-8-12(4-6-15-7-5-14)9-11(2)13(10)16-3/h8-9,15H,4-7H2,1-3H3. The average Bonchev–Trinajstić information content (AvgIpc) is 2.24. The van der Waals surface area contributed by atoms with Crippen molar-refractivity contribution in [3.8, 4) is 5.75 Å². The molecule has 0 unspecified atom stereocenters. The molecule has 16 heavy (non-hydrogen) atoms. The summed E-state index contributed by atoms with van der Waals surface area (Å²) >= 11 is 5.59. The molecule has 0 heterocycles. The molecule has 0 fully saturated rings. The number of halogens is 1. The Labute approximate surface area is 103 Å². The summed E-state index contributed by atoms with van der Waals surface area (Å²) < 4.78 is 5.34. The highest BCUT2D eigenvalue weighted by Crippen LogP contribution is 2.24. The maximum absolute atomic E-state index is 5.59. The van der Waals surface area contributed by atoms with Crippen molar-refractivity contribution in [1.29, 1.82) is 0 Å². The molecule has 0 aliphatic carbocycles. The minimum atomic E-state index is 0.667. The van der Waals surface area contributed by atoms with Crippen LogP contribution in [-0.4, -0.2) is 26.1 Å². The maximum Gasteiger partial charge on any atom is 0.124 e. The third-order valence-corrected chi connectivity index (χ3v) is 2.77. The molecule has 3 heteroatoms. The summed E-state index contributed by atoms with van der Waals surface area (Å²) in [6, 6.07) is 4.38. The summed E-state index contributed by atoms with van der Waals surface area (Å²) in [5.41, 5.74) is 3.75. The van der Waals surface area contributed by atoms with Crippen molar-refractivity contribution in [2.75, 3.05) is 26.1 Å². The van der Waals surface area contributed by atoms with E-state index in [9.17, 15) is 0 Å². The lowest BCUT2D eigenvalue weighted by molar-refractivity contribution is 0.408. The first-order valence-electron chi connectivity index (χ1n) is 5.59. The fourth-order valence-corrected chi connectivity index (χ4v) is 2.06. The van der Waals surface area contributed by atoms with E-state index in [2.05, 4.69) is 31.3 Å². The van der Waals surface area contributed by atoms with Crippen molar-refractivity contribution in [2.24, 2.45) is 0 Å². The zero-order valence-electron chi connectivity index (χ0n) is 10.3. The molecular weight excluding hydrogens is 222 g/mol.